The fourth-order valence-electron chi connectivity index (χ4n) is 2.10. The third-order valence-electron chi connectivity index (χ3n) is 3.07. The highest BCUT2D eigenvalue weighted by Gasteiger charge is 2.25. The van der Waals surface area contributed by atoms with Crippen molar-refractivity contribution >= 4 is 5.69 Å². The van der Waals surface area contributed by atoms with Gasteiger partial charge in [0.1, 0.15) is 11.9 Å². The average Bonchev–Trinajstić information content (AvgIpc) is 2.32. The van der Waals surface area contributed by atoms with Crippen molar-refractivity contribution in [3.63, 3.8) is 0 Å². The van der Waals surface area contributed by atoms with Gasteiger partial charge in [-0.2, -0.15) is 4.39 Å². The Morgan fingerprint density at radius 2 is 2.11 bits per heavy atom. The minimum atomic E-state index is -0.928. The van der Waals surface area contributed by atoms with Gasteiger partial charge < -0.3 is 9.84 Å². The molecule has 5 nitrogen and oxygen atoms in total. The Morgan fingerprint density at radius 1 is 1.39 bits per heavy atom. The first-order valence-electron chi connectivity index (χ1n) is 5.86. The van der Waals surface area contributed by atoms with E-state index in [0.717, 1.165) is 25.0 Å². The smallest absolute Gasteiger partial charge is 0.305 e. The number of halogens is 1. The summed E-state index contributed by atoms with van der Waals surface area (Å²) >= 11 is 0. The lowest BCUT2D eigenvalue weighted by atomic mass is 9.95. The molecule has 0 heterocycles. The molecule has 2 unspecified atom stereocenters. The van der Waals surface area contributed by atoms with Gasteiger partial charge >= 0.3 is 5.69 Å². The SMILES string of the molecule is O=[N+]([O-])c1ccc(OC2CCCCC2O)cc1F. The summed E-state index contributed by atoms with van der Waals surface area (Å²) in [4.78, 5) is 9.68. The van der Waals surface area contributed by atoms with E-state index in [1.54, 1.807) is 0 Å². The number of ether oxygens (including phenoxy) is 1. The second kappa shape index (κ2) is 5.30. The molecule has 1 aliphatic carbocycles. The summed E-state index contributed by atoms with van der Waals surface area (Å²) < 4.78 is 18.8. The second-order valence-electron chi connectivity index (χ2n) is 4.38. The highest BCUT2D eigenvalue weighted by Crippen LogP contribution is 2.27. The molecular weight excluding hydrogens is 241 g/mol. The number of aliphatic hydroxyl groups excluding tert-OH is 1. The van der Waals surface area contributed by atoms with E-state index in [9.17, 15) is 19.6 Å². The maximum Gasteiger partial charge on any atom is 0.305 e. The lowest BCUT2D eigenvalue weighted by molar-refractivity contribution is -0.387. The van der Waals surface area contributed by atoms with Crippen molar-refractivity contribution in [2.24, 2.45) is 0 Å². The van der Waals surface area contributed by atoms with Crippen LogP contribution in [0.4, 0.5) is 10.1 Å². The fourth-order valence-corrected chi connectivity index (χ4v) is 2.10. The summed E-state index contributed by atoms with van der Waals surface area (Å²) in [6.07, 6.45) is 2.36. The van der Waals surface area contributed by atoms with E-state index in [2.05, 4.69) is 0 Å². The molecule has 0 radical (unpaired) electrons. The van der Waals surface area contributed by atoms with Gasteiger partial charge in [-0.05, 0) is 25.3 Å². The molecule has 0 saturated heterocycles. The zero-order chi connectivity index (χ0) is 13.1. The van der Waals surface area contributed by atoms with Crippen LogP contribution in [0, 0.1) is 15.9 Å². The summed E-state index contributed by atoms with van der Waals surface area (Å²) in [5, 5.41) is 20.2. The van der Waals surface area contributed by atoms with Crippen LogP contribution in [-0.4, -0.2) is 22.2 Å². The van der Waals surface area contributed by atoms with Crippen molar-refractivity contribution in [3.05, 3.63) is 34.1 Å². The van der Waals surface area contributed by atoms with Gasteiger partial charge in [-0.3, -0.25) is 10.1 Å². The van der Waals surface area contributed by atoms with Crippen LogP contribution in [0.3, 0.4) is 0 Å². The molecule has 6 heteroatoms. The minimum Gasteiger partial charge on any atom is -0.488 e. The predicted molar refractivity (Wildman–Crippen MR) is 61.9 cm³/mol. The predicted octanol–water partition coefficient (Wildman–Crippen LogP) is 2.42. The standard InChI is InChI=1S/C12H14FNO4/c13-9-7-8(5-6-10(9)14(16)17)18-12-4-2-1-3-11(12)15/h5-7,11-12,15H,1-4H2. The normalized spacial score (nSPS) is 23.7. The molecular formula is C12H14FNO4. The van der Waals surface area contributed by atoms with E-state index in [4.69, 9.17) is 4.74 Å². The number of aliphatic hydroxyl groups is 1. The third-order valence-corrected chi connectivity index (χ3v) is 3.07. The number of nitro benzene ring substituents is 1. The topological polar surface area (TPSA) is 72.6 Å². The second-order valence-corrected chi connectivity index (χ2v) is 4.38. The van der Waals surface area contributed by atoms with Crippen LogP contribution in [0.5, 0.6) is 5.75 Å². The molecule has 0 aromatic heterocycles. The Bertz CT molecular complexity index is 452. The summed E-state index contributed by atoms with van der Waals surface area (Å²) in [6.45, 7) is 0. The van der Waals surface area contributed by atoms with Crippen LogP contribution >= 0.6 is 0 Å². The number of benzene rings is 1. The Balaban J connectivity index is 2.10. The number of nitro groups is 1. The molecule has 18 heavy (non-hydrogen) atoms. The van der Waals surface area contributed by atoms with E-state index in [1.807, 2.05) is 0 Å². The lowest BCUT2D eigenvalue weighted by Crippen LogP contribution is -2.34. The van der Waals surface area contributed by atoms with Crippen LogP contribution < -0.4 is 4.74 Å². The van der Waals surface area contributed by atoms with Gasteiger partial charge in [0.2, 0.25) is 5.82 Å². The summed E-state index contributed by atoms with van der Waals surface area (Å²) in [5.74, 6) is -0.716. The van der Waals surface area contributed by atoms with Crippen LogP contribution in [0.2, 0.25) is 0 Å². The molecule has 1 N–H and O–H groups in total. The van der Waals surface area contributed by atoms with Crippen LogP contribution in [0.25, 0.3) is 0 Å². The molecule has 1 aliphatic rings. The van der Waals surface area contributed by atoms with Crippen molar-refractivity contribution in [2.45, 2.75) is 37.9 Å². The molecule has 0 aliphatic heterocycles. The molecule has 1 fully saturated rings. The van der Waals surface area contributed by atoms with E-state index in [0.29, 0.717) is 12.8 Å². The number of hydrogen-bond donors (Lipinski definition) is 1. The Labute approximate surface area is 103 Å². The average molecular weight is 255 g/mol. The zero-order valence-corrected chi connectivity index (χ0v) is 9.71. The van der Waals surface area contributed by atoms with Gasteiger partial charge in [0.25, 0.3) is 0 Å². The van der Waals surface area contributed by atoms with Crippen molar-refractivity contribution < 1.29 is 19.2 Å². The molecule has 0 amide bonds. The van der Waals surface area contributed by atoms with Gasteiger partial charge in [-0.25, -0.2) is 0 Å². The van der Waals surface area contributed by atoms with Crippen molar-refractivity contribution in [1.82, 2.24) is 0 Å². The monoisotopic (exact) mass is 255 g/mol. The Kier molecular flexibility index (Phi) is 3.76. The van der Waals surface area contributed by atoms with Crippen LogP contribution in [0.1, 0.15) is 25.7 Å². The third kappa shape index (κ3) is 2.76. The van der Waals surface area contributed by atoms with Gasteiger partial charge in [0.05, 0.1) is 11.0 Å². The van der Waals surface area contributed by atoms with Crippen molar-refractivity contribution in [3.8, 4) is 5.75 Å². The zero-order valence-electron chi connectivity index (χ0n) is 9.71. The quantitative estimate of drug-likeness (QED) is 0.665. The number of rotatable bonds is 3. The maximum atomic E-state index is 13.4. The fraction of sp³-hybridized carbons (Fsp3) is 0.500. The van der Waals surface area contributed by atoms with Gasteiger partial charge in [-0.1, -0.05) is 6.42 Å². The van der Waals surface area contributed by atoms with Crippen LogP contribution in [-0.2, 0) is 0 Å². The molecule has 1 saturated carbocycles. The summed E-state index contributed by atoms with van der Waals surface area (Å²) in [6, 6.07) is 3.40. The first kappa shape index (κ1) is 12.8. The molecule has 98 valence electrons. The van der Waals surface area contributed by atoms with Crippen LogP contribution in [0.15, 0.2) is 18.2 Å². The summed E-state index contributed by atoms with van der Waals surface area (Å²) in [5.41, 5.74) is -0.577. The molecule has 1 aromatic carbocycles. The molecule has 2 rings (SSSR count). The molecule has 0 spiro atoms. The largest absolute Gasteiger partial charge is 0.488 e. The Morgan fingerprint density at radius 3 is 2.72 bits per heavy atom. The first-order valence-corrected chi connectivity index (χ1v) is 5.86. The van der Waals surface area contributed by atoms with Gasteiger partial charge in [-0.15, -0.1) is 0 Å². The van der Waals surface area contributed by atoms with Crippen molar-refractivity contribution in [2.75, 3.05) is 0 Å². The maximum absolute atomic E-state index is 13.4. The Hall–Kier alpha value is -1.69. The number of nitrogens with zero attached hydrogens (tertiary/aromatic N) is 1. The molecule has 1 aromatic rings. The minimum absolute atomic E-state index is 0.212. The first-order chi connectivity index (χ1) is 8.58. The van der Waals surface area contributed by atoms with Gasteiger partial charge in [0.15, 0.2) is 0 Å². The highest BCUT2D eigenvalue weighted by atomic mass is 19.1. The van der Waals surface area contributed by atoms with E-state index >= 15 is 0 Å². The summed E-state index contributed by atoms with van der Waals surface area (Å²) in [7, 11) is 0. The molecule has 2 atom stereocenters. The van der Waals surface area contributed by atoms with Crippen molar-refractivity contribution in [1.29, 1.82) is 0 Å². The van der Waals surface area contributed by atoms with E-state index in [-0.39, 0.29) is 11.9 Å². The number of hydrogen-bond acceptors (Lipinski definition) is 4. The molecule has 0 bridgehead atoms. The van der Waals surface area contributed by atoms with E-state index < -0.39 is 22.5 Å². The lowest BCUT2D eigenvalue weighted by Gasteiger charge is -2.28. The van der Waals surface area contributed by atoms with Gasteiger partial charge in [0, 0.05) is 12.1 Å². The highest BCUT2D eigenvalue weighted by molar-refractivity contribution is 5.38. The van der Waals surface area contributed by atoms with E-state index in [1.165, 1.54) is 6.07 Å².